The Labute approximate surface area is 137 Å². The number of aliphatic hydroxyl groups is 1. The minimum atomic E-state index is -1.71. The van der Waals surface area contributed by atoms with Crippen LogP contribution in [0.25, 0.3) is 0 Å². The average molecular weight is 337 g/mol. The summed E-state index contributed by atoms with van der Waals surface area (Å²) in [5, 5.41) is 15.3. The molecule has 0 bridgehead atoms. The van der Waals surface area contributed by atoms with Gasteiger partial charge in [-0.15, -0.1) is 0 Å². The van der Waals surface area contributed by atoms with Gasteiger partial charge in [0.1, 0.15) is 22.9 Å². The van der Waals surface area contributed by atoms with E-state index in [0.717, 1.165) is 12.1 Å². The van der Waals surface area contributed by atoms with Gasteiger partial charge in [-0.2, -0.15) is 0 Å². The lowest BCUT2D eigenvalue weighted by atomic mass is 9.95. The van der Waals surface area contributed by atoms with Gasteiger partial charge in [0.2, 0.25) is 5.88 Å². The lowest BCUT2D eigenvalue weighted by molar-refractivity contribution is 0.0561. The maximum Gasteiger partial charge on any atom is 0.319 e. The van der Waals surface area contributed by atoms with E-state index < -0.39 is 23.3 Å². The minimum absolute atomic E-state index is 0.122. The number of amides is 2. The lowest BCUT2D eigenvalue weighted by Gasteiger charge is -2.24. The molecule has 0 saturated heterocycles. The Morgan fingerprint density at radius 2 is 2.12 bits per heavy atom. The molecule has 0 radical (unpaired) electrons. The molecule has 2 aromatic rings. The van der Waals surface area contributed by atoms with Crippen LogP contribution in [0.1, 0.15) is 12.5 Å². The number of benzene rings is 1. The zero-order valence-electron chi connectivity index (χ0n) is 13.1. The molecule has 1 aromatic carbocycles. The topological polar surface area (TPSA) is 83.5 Å². The molecule has 2 rings (SSSR count). The Bertz CT molecular complexity index is 738. The third-order valence-electron chi connectivity index (χ3n) is 3.32. The first-order valence-electron chi connectivity index (χ1n) is 7.05. The van der Waals surface area contributed by atoms with Gasteiger partial charge in [-0.25, -0.2) is 18.6 Å². The highest BCUT2D eigenvalue weighted by atomic mass is 19.1. The summed E-state index contributed by atoms with van der Waals surface area (Å²) in [7, 11) is 1.41. The largest absolute Gasteiger partial charge is 0.480 e. The van der Waals surface area contributed by atoms with Gasteiger partial charge in [0.05, 0.1) is 13.7 Å². The van der Waals surface area contributed by atoms with Gasteiger partial charge in [-0.05, 0) is 25.1 Å². The molecule has 1 aromatic heterocycles. The fraction of sp³-hybridized carbons (Fsp3) is 0.250. The van der Waals surface area contributed by atoms with E-state index in [1.54, 1.807) is 12.1 Å². The number of urea groups is 1. The predicted molar refractivity (Wildman–Crippen MR) is 83.7 cm³/mol. The number of nitrogens with zero attached hydrogens (tertiary/aromatic N) is 1. The van der Waals surface area contributed by atoms with Crippen LogP contribution in [0.3, 0.4) is 0 Å². The number of aromatic nitrogens is 1. The van der Waals surface area contributed by atoms with Crippen LogP contribution in [-0.4, -0.2) is 29.8 Å². The van der Waals surface area contributed by atoms with Crippen molar-refractivity contribution in [3.8, 4) is 5.88 Å². The maximum absolute atomic E-state index is 13.8. The zero-order valence-corrected chi connectivity index (χ0v) is 13.1. The van der Waals surface area contributed by atoms with Crippen LogP contribution in [0, 0.1) is 11.6 Å². The van der Waals surface area contributed by atoms with Crippen LogP contribution >= 0.6 is 0 Å². The van der Waals surface area contributed by atoms with Crippen molar-refractivity contribution in [3.05, 3.63) is 53.7 Å². The second-order valence-electron chi connectivity index (χ2n) is 5.27. The van der Waals surface area contributed by atoms with Crippen molar-refractivity contribution in [2.24, 2.45) is 0 Å². The van der Waals surface area contributed by atoms with Crippen molar-refractivity contribution in [3.63, 3.8) is 0 Å². The van der Waals surface area contributed by atoms with Gasteiger partial charge < -0.3 is 20.5 Å². The maximum atomic E-state index is 13.8. The van der Waals surface area contributed by atoms with Crippen LogP contribution in [0.2, 0.25) is 0 Å². The third kappa shape index (κ3) is 4.17. The van der Waals surface area contributed by atoms with Crippen LogP contribution in [-0.2, 0) is 5.60 Å². The van der Waals surface area contributed by atoms with Crippen molar-refractivity contribution in [2.75, 3.05) is 19.0 Å². The van der Waals surface area contributed by atoms with Gasteiger partial charge >= 0.3 is 6.03 Å². The van der Waals surface area contributed by atoms with Crippen LogP contribution in [0.15, 0.2) is 36.5 Å². The summed E-state index contributed by atoms with van der Waals surface area (Å²) in [6.07, 6.45) is 1.50. The second kappa shape index (κ2) is 7.22. The smallest absolute Gasteiger partial charge is 0.319 e. The number of nitrogens with one attached hydrogen (secondary N) is 2. The number of ether oxygens (including phenoxy) is 1. The highest BCUT2D eigenvalue weighted by Gasteiger charge is 2.27. The Morgan fingerprint density at radius 1 is 1.38 bits per heavy atom. The Morgan fingerprint density at radius 3 is 2.79 bits per heavy atom. The Balaban J connectivity index is 2.02. The SMILES string of the molecule is COc1ncccc1NC(=O)NCC(C)(O)c1ccc(F)cc1F. The molecule has 0 saturated carbocycles. The first-order valence-corrected chi connectivity index (χ1v) is 7.05. The molecule has 1 unspecified atom stereocenters. The second-order valence-corrected chi connectivity index (χ2v) is 5.27. The molecule has 0 aliphatic rings. The fourth-order valence-corrected chi connectivity index (χ4v) is 2.09. The van der Waals surface area contributed by atoms with E-state index in [1.807, 2.05) is 0 Å². The highest BCUT2D eigenvalue weighted by molar-refractivity contribution is 5.90. The molecule has 128 valence electrons. The van der Waals surface area contributed by atoms with E-state index in [-0.39, 0.29) is 18.0 Å². The number of hydrogen-bond acceptors (Lipinski definition) is 4. The lowest BCUT2D eigenvalue weighted by Crippen LogP contribution is -2.41. The van der Waals surface area contributed by atoms with E-state index in [0.29, 0.717) is 11.8 Å². The van der Waals surface area contributed by atoms with Gasteiger partial charge in [-0.3, -0.25) is 0 Å². The van der Waals surface area contributed by atoms with Crippen LogP contribution in [0.4, 0.5) is 19.3 Å². The minimum Gasteiger partial charge on any atom is -0.480 e. The van der Waals surface area contributed by atoms with Gasteiger partial charge in [-0.1, -0.05) is 6.07 Å². The number of pyridine rings is 1. The van der Waals surface area contributed by atoms with E-state index in [2.05, 4.69) is 15.6 Å². The van der Waals surface area contributed by atoms with Crippen molar-refractivity contribution < 1.29 is 23.4 Å². The summed E-state index contributed by atoms with van der Waals surface area (Å²) in [6, 6.07) is 5.40. The van der Waals surface area contributed by atoms with Crippen molar-refractivity contribution in [1.29, 1.82) is 0 Å². The van der Waals surface area contributed by atoms with Crippen LogP contribution in [0.5, 0.6) is 5.88 Å². The third-order valence-corrected chi connectivity index (χ3v) is 3.32. The molecule has 1 heterocycles. The number of hydrogen-bond donors (Lipinski definition) is 3. The van der Waals surface area contributed by atoms with E-state index in [4.69, 9.17) is 4.74 Å². The molecule has 0 fully saturated rings. The summed E-state index contributed by atoms with van der Waals surface area (Å²) in [5.41, 5.74) is -1.50. The van der Waals surface area contributed by atoms with E-state index in [1.165, 1.54) is 20.2 Å². The molecule has 3 N–H and O–H groups in total. The van der Waals surface area contributed by atoms with E-state index >= 15 is 0 Å². The van der Waals surface area contributed by atoms with Crippen molar-refractivity contribution in [1.82, 2.24) is 10.3 Å². The molecule has 24 heavy (non-hydrogen) atoms. The predicted octanol–water partition coefficient (Wildman–Crippen LogP) is 2.40. The molecule has 8 heteroatoms. The molecule has 2 amide bonds. The average Bonchev–Trinajstić information content (AvgIpc) is 2.53. The van der Waals surface area contributed by atoms with Crippen molar-refractivity contribution in [2.45, 2.75) is 12.5 Å². The molecular formula is C16H17F2N3O3. The number of rotatable bonds is 5. The fourth-order valence-electron chi connectivity index (χ4n) is 2.09. The number of methoxy groups -OCH3 is 1. The Kier molecular flexibility index (Phi) is 5.30. The normalized spacial score (nSPS) is 13.0. The quantitative estimate of drug-likeness (QED) is 0.782. The molecule has 0 aliphatic heterocycles. The summed E-state index contributed by atoms with van der Waals surface area (Å²) < 4.78 is 31.7. The summed E-state index contributed by atoms with van der Waals surface area (Å²) in [5.74, 6) is -1.42. The van der Waals surface area contributed by atoms with Crippen LogP contribution < -0.4 is 15.4 Å². The first-order chi connectivity index (χ1) is 11.3. The standard InChI is InChI=1S/C16H17F2N3O3/c1-16(23,11-6-5-10(17)8-12(11)18)9-20-15(22)21-13-4-3-7-19-14(13)24-2/h3-8,23H,9H2,1-2H3,(H2,20,21,22). The summed E-state index contributed by atoms with van der Waals surface area (Å²) in [6.45, 7) is 1.03. The molecule has 0 aliphatic carbocycles. The summed E-state index contributed by atoms with van der Waals surface area (Å²) >= 11 is 0. The monoisotopic (exact) mass is 337 g/mol. The number of halogens is 2. The molecule has 0 spiro atoms. The molecular weight excluding hydrogens is 320 g/mol. The molecule has 1 atom stereocenters. The van der Waals surface area contributed by atoms with Crippen molar-refractivity contribution >= 4 is 11.7 Å². The van der Waals surface area contributed by atoms with Gasteiger partial charge in [0, 0.05) is 17.8 Å². The van der Waals surface area contributed by atoms with Gasteiger partial charge in [0.25, 0.3) is 0 Å². The Hall–Kier alpha value is -2.74. The summed E-state index contributed by atoms with van der Waals surface area (Å²) in [4.78, 5) is 15.9. The highest BCUT2D eigenvalue weighted by Crippen LogP contribution is 2.24. The molecule has 6 nitrogen and oxygen atoms in total. The zero-order chi connectivity index (χ0) is 17.7. The first kappa shape index (κ1) is 17.6. The number of carbonyl (C=O) groups is 1. The number of anilines is 1. The number of carbonyl (C=O) groups excluding carboxylic acids is 1. The van der Waals surface area contributed by atoms with Gasteiger partial charge in [0.15, 0.2) is 0 Å². The van der Waals surface area contributed by atoms with E-state index in [9.17, 15) is 18.7 Å².